The molecule has 1 N–H and O–H groups in total. The van der Waals surface area contributed by atoms with Crippen molar-refractivity contribution in [3.05, 3.63) is 10.2 Å². The highest BCUT2D eigenvalue weighted by atomic mass is 79.9. The van der Waals surface area contributed by atoms with Crippen LogP contribution in [0.1, 0.15) is 51.8 Å². The third-order valence-corrected chi connectivity index (χ3v) is 4.01. The second kappa shape index (κ2) is 4.78. The van der Waals surface area contributed by atoms with E-state index >= 15 is 0 Å². The maximum Gasteiger partial charge on any atom is 0.139 e. The minimum atomic E-state index is 0.498. The molecule has 0 amide bonds. The summed E-state index contributed by atoms with van der Waals surface area (Å²) in [7, 11) is 0. The van der Waals surface area contributed by atoms with Crippen LogP contribution in [0.3, 0.4) is 0 Å². The second-order valence-electron chi connectivity index (χ2n) is 4.79. The van der Waals surface area contributed by atoms with Crippen LogP contribution >= 0.6 is 15.9 Å². The van der Waals surface area contributed by atoms with Gasteiger partial charge in [0.05, 0.1) is 16.2 Å². The van der Waals surface area contributed by atoms with Crippen molar-refractivity contribution < 1.29 is 0 Å². The quantitative estimate of drug-likeness (QED) is 0.917. The first-order valence-corrected chi connectivity index (χ1v) is 6.96. The third-order valence-electron chi connectivity index (χ3n) is 3.18. The summed E-state index contributed by atoms with van der Waals surface area (Å²) >= 11 is 3.68. The number of hydrogen-bond donors (Lipinski definition) is 1. The van der Waals surface area contributed by atoms with Crippen molar-refractivity contribution >= 4 is 21.7 Å². The Balaban J connectivity index is 2.28. The van der Waals surface area contributed by atoms with Crippen LogP contribution < -0.4 is 5.32 Å². The first kappa shape index (κ1) is 12.0. The molecule has 1 aliphatic rings. The molecule has 0 spiro atoms. The summed E-state index contributed by atoms with van der Waals surface area (Å²) < 4.78 is 3.30. The van der Waals surface area contributed by atoms with Gasteiger partial charge in [-0.15, -0.1) is 0 Å². The van der Waals surface area contributed by atoms with Gasteiger partial charge in [-0.1, -0.05) is 13.3 Å². The van der Waals surface area contributed by atoms with E-state index in [2.05, 4.69) is 46.7 Å². The first-order valence-electron chi connectivity index (χ1n) is 6.16. The summed E-state index contributed by atoms with van der Waals surface area (Å²) in [4.78, 5) is 0. The fourth-order valence-electron chi connectivity index (χ4n) is 2.32. The Hall–Kier alpha value is -0.510. The van der Waals surface area contributed by atoms with Crippen molar-refractivity contribution in [1.29, 1.82) is 0 Å². The molecule has 90 valence electrons. The Morgan fingerprint density at radius 3 is 2.94 bits per heavy atom. The van der Waals surface area contributed by atoms with Crippen molar-refractivity contribution in [1.82, 2.24) is 9.78 Å². The van der Waals surface area contributed by atoms with E-state index in [1.807, 2.05) is 0 Å². The summed E-state index contributed by atoms with van der Waals surface area (Å²) in [5.41, 5.74) is 1.20. The van der Waals surface area contributed by atoms with E-state index in [1.54, 1.807) is 0 Å². The van der Waals surface area contributed by atoms with Crippen LogP contribution in [0.4, 0.5) is 5.82 Å². The highest BCUT2D eigenvalue weighted by molar-refractivity contribution is 9.10. The van der Waals surface area contributed by atoms with Crippen molar-refractivity contribution in [3.63, 3.8) is 0 Å². The standard InChI is InChI=1S/C12H20BrN3/c1-4-5-6-10-11(13)12-14-8(2)7-9(3)16(12)15-10/h8-9,14H,4-7H2,1-3H3. The number of aryl methyl sites for hydroxylation is 1. The molecule has 0 aliphatic carbocycles. The summed E-state index contributed by atoms with van der Waals surface area (Å²) in [6, 6.07) is 1.03. The molecule has 0 aromatic carbocycles. The SMILES string of the molecule is CCCCc1nn2c(c1Br)NC(C)CC2C. The normalized spacial score (nSPS) is 24.0. The highest BCUT2D eigenvalue weighted by Gasteiger charge is 2.25. The van der Waals surface area contributed by atoms with Gasteiger partial charge in [0.1, 0.15) is 5.82 Å². The number of anilines is 1. The fourth-order valence-corrected chi connectivity index (χ4v) is 2.89. The fraction of sp³-hybridized carbons (Fsp3) is 0.750. The average molecular weight is 286 g/mol. The molecule has 2 unspecified atom stereocenters. The van der Waals surface area contributed by atoms with E-state index in [-0.39, 0.29) is 0 Å². The number of halogens is 1. The lowest BCUT2D eigenvalue weighted by Gasteiger charge is -2.28. The first-order chi connectivity index (χ1) is 7.63. The van der Waals surface area contributed by atoms with Crippen molar-refractivity contribution in [2.45, 2.75) is 58.5 Å². The molecule has 1 aromatic heterocycles. The predicted molar refractivity (Wildman–Crippen MR) is 71.0 cm³/mol. The second-order valence-corrected chi connectivity index (χ2v) is 5.58. The molecular weight excluding hydrogens is 266 g/mol. The smallest absolute Gasteiger partial charge is 0.139 e. The van der Waals surface area contributed by atoms with Crippen molar-refractivity contribution in [3.8, 4) is 0 Å². The Bertz CT molecular complexity index is 373. The lowest BCUT2D eigenvalue weighted by atomic mass is 10.1. The summed E-state index contributed by atoms with van der Waals surface area (Å²) in [6.07, 6.45) is 4.64. The van der Waals surface area contributed by atoms with Crippen LogP contribution in [0.15, 0.2) is 4.47 Å². The van der Waals surface area contributed by atoms with Crippen molar-refractivity contribution in [2.24, 2.45) is 0 Å². The molecule has 0 bridgehead atoms. The van der Waals surface area contributed by atoms with Gasteiger partial charge in [-0.2, -0.15) is 5.10 Å². The third kappa shape index (κ3) is 2.12. The maximum atomic E-state index is 4.71. The van der Waals surface area contributed by atoms with Gasteiger partial charge in [0.15, 0.2) is 0 Å². The summed E-state index contributed by atoms with van der Waals surface area (Å²) in [5.74, 6) is 1.16. The largest absolute Gasteiger partial charge is 0.367 e. The van der Waals surface area contributed by atoms with E-state index in [0.717, 1.165) is 18.7 Å². The number of fused-ring (bicyclic) bond motifs is 1. The molecule has 2 rings (SSSR count). The number of rotatable bonds is 3. The van der Waals surface area contributed by atoms with Crippen molar-refractivity contribution in [2.75, 3.05) is 5.32 Å². The maximum absolute atomic E-state index is 4.71. The molecule has 1 aromatic rings. The van der Waals surface area contributed by atoms with Crippen LogP contribution in [0.25, 0.3) is 0 Å². The topological polar surface area (TPSA) is 29.9 Å². The van der Waals surface area contributed by atoms with Gasteiger partial charge in [-0.3, -0.25) is 0 Å². The monoisotopic (exact) mass is 285 g/mol. The van der Waals surface area contributed by atoms with Gasteiger partial charge in [0, 0.05) is 6.04 Å². The molecule has 4 heteroatoms. The molecule has 0 saturated carbocycles. The van der Waals surface area contributed by atoms with E-state index in [9.17, 15) is 0 Å². The zero-order valence-corrected chi connectivity index (χ0v) is 11.8. The Morgan fingerprint density at radius 1 is 1.50 bits per heavy atom. The van der Waals surface area contributed by atoms with Gasteiger partial charge < -0.3 is 5.32 Å². The van der Waals surface area contributed by atoms with Gasteiger partial charge in [0.2, 0.25) is 0 Å². The van der Waals surface area contributed by atoms with Gasteiger partial charge >= 0.3 is 0 Å². The molecule has 0 radical (unpaired) electrons. The van der Waals surface area contributed by atoms with E-state index in [4.69, 9.17) is 5.10 Å². The van der Waals surface area contributed by atoms with Crippen LogP contribution in [-0.2, 0) is 6.42 Å². The van der Waals surface area contributed by atoms with E-state index < -0.39 is 0 Å². The number of nitrogens with one attached hydrogen (secondary N) is 1. The van der Waals surface area contributed by atoms with Crippen LogP contribution in [0.5, 0.6) is 0 Å². The van der Waals surface area contributed by atoms with Gasteiger partial charge in [-0.05, 0) is 49.0 Å². The zero-order valence-electron chi connectivity index (χ0n) is 10.3. The minimum Gasteiger partial charge on any atom is -0.367 e. The number of unbranched alkanes of at least 4 members (excludes halogenated alkanes) is 1. The number of hydrogen-bond acceptors (Lipinski definition) is 2. The molecule has 2 heterocycles. The van der Waals surface area contributed by atoms with Crippen LogP contribution in [0, 0.1) is 0 Å². The number of aromatic nitrogens is 2. The van der Waals surface area contributed by atoms with Gasteiger partial charge in [-0.25, -0.2) is 4.68 Å². The minimum absolute atomic E-state index is 0.498. The summed E-state index contributed by atoms with van der Waals surface area (Å²) in [6.45, 7) is 6.68. The Kier molecular flexibility index (Phi) is 3.57. The van der Waals surface area contributed by atoms with Crippen LogP contribution in [-0.4, -0.2) is 15.8 Å². The molecular formula is C12H20BrN3. The Morgan fingerprint density at radius 2 is 2.25 bits per heavy atom. The van der Waals surface area contributed by atoms with Crippen LogP contribution in [0.2, 0.25) is 0 Å². The molecule has 2 atom stereocenters. The molecule has 1 aliphatic heterocycles. The number of nitrogens with zero attached hydrogens (tertiary/aromatic N) is 2. The van der Waals surface area contributed by atoms with Gasteiger partial charge in [0.25, 0.3) is 0 Å². The lowest BCUT2D eigenvalue weighted by molar-refractivity contribution is 0.411. The predicted octanol–water partition coefficient (Wildman–Crippen LogP) is 3.75. The summed E-state index contributed by atoms with van der Waals surface area (Å²) in [5, 5.41) is 8.22. The molecule has 16 heavy (non-hydrogen) atoms. The lowest BCUT2D eigenvalue weighted by Crippen LogP contribution is -2.28. The molecule has 0 fully saturated rings. The molecule has 3 nitrogen and oxygen atoms in total. The highest BCUT2D eigenvalue weighted by Crippen LogP contribution is 2.35. The zero-order chi connectivity index (χ0) is 11.7. The Labute approximate surface area is 106 Å². The average Bonchev–Trinajstić information content (AvgIpc) is 2.54. The van der Waals surface area contributed by atoms with E-state index in [1.165, 1.54) is 23.0 Å². The molecule has 0 saturated heterocycles. The van der Waals surface area contributed by atoms with E-state index in [0.29, 0.717) is 12.1 Å².